The van der Waals surface area contributed by atoms with Crippen molar-refractivity contribution in [1.82, 2.24) is 18.2 Å². The minimum Gasteiger partial charge on any atom is -0.340 e. The summed E-state index contributed by atoms with van der Waals surface area (Å²) in [5.74, 6) is 0.401. The number of rotatable bonds is 4. The summed E-state index contributed by atoms with van der Waals surface area (Å²) < 4.78 is 2.39. The van der Waals surface area contributed by atoms with Crippen molar-refractivity contribution in [1.29, 1.82) is 0 Å². The summed E-state index contributed by atoms with van der Waals surface area (Å²) in [6.07, 6.45) is 4.70. The Morgan fingerprint density at radius 2 is 1.76 bits per heavy atom. The van der Waals surface area contributed by atoms with Crippen LogP contribution in [0, 0.1) is 5.41 Å². The minimum atomic E-state index is -0.0521. The molecule has 0 spiro atoms. The molecule has 0 aromatic carbocycles. The van der Waals surface area contributed by atoms with Gasteiger partial charge in [-0.3, -0.25) is 9.69 Å². The third-order valence-corrected chi connectivity index (χ3v) is 6.32. The maximum atomic E-state index is 12.7. The molecule has 6 heteroatoms. The van der Waals surface area contributed by atoms with Gasteiger partial charge in [-0.15, -0.1) is 0 Å². The van der Waals surface area contributed by atoms with Gasteiger partial charge in [0.1, 0.15) is 0 Å². The molecule has 0 atom stereocenters. The fourth-order valence-electron chi connectivity index (χ4n) is 3.78. The lowest BCUT2D eigenvalue weighted by Crippen LogP contribution is -2.55. The maximum Gasteiger partial charge on any atom is 0.230 e. The topological polar surface area (TPSA) is 38.8 Å². The molecular formula is C15H27IN4O. The molecule has 2 saturated heterocycles. The van der Waals surface area contributed by atoms with Crippen LogP contribution in [-0.4, -0.2) is 77.7 Å². The highest BCUT2D eigenvalue weighted by molar-refractivity contribution is 14.1. The molecule has 120 valence electrons. The smallest absolute Gasteiger partial charge is 0.230 e. The van der Waals surface area contributed by atoms with Gasteiger partial charge in [0.05, 0.1) is 5.41 Å². The Bertz CT molecular complexity index is 372. The van der Waals surface area contributed by atoms with Crippen LogP contribution in [0.1, 0.15) is 25.7 Å². The van der Waals surface area contributed by atoms with Crippen LogP contribution in [0.2, 0.25) is 0 Å². The van der Waals surface area contributed by atoms with Crippen molar-refractivity contribution >= 4 is 28.8 Å². The van der Waals surface area contributed by atoms with Crippen LogP contribution >= 0.6 is 22.9 Å². The van der Waals surface area contributed by atoms with Crippen molar-refractivity contribution in [3.8, 4) is 0 Å². The minimum absolute atomic E-state index is 0.0521. The molecule has 1 aliphatic carbocycles. The fraction of sp³-hybridized carbons (Fsp3) is 0.933. The second-order valence-electron chi connectivity index (χ2n) is 6.78. The Labute approximate surface area is 141 Å². The van der Waals surface area contributed by atoms with Gasteiger partial charge in [0.25, 0.3) is 0 Å². The molecule has 3 fully saturated rings. The first-order valence-electron chi connectivity index (χ1n) is 8.23. The van der Waals surface area contributed by atoms with Gasteiger partial charge in [0.15, 0.2) is 0 Å². The molecule has 2 heterocycles. The van der Waals surface area contributed by atoms with E-state index in [2.05, 4.69) is 41.1 Å². The summed E-state index contributed by atoms with van der Waals surface area (Å²) in [4.78, 5) is 17.4. The normalized spacial score (nSPS) is 27.8. The molecule has 21 heavy (non-hydrogen) atoms. The van der Waals surface area contributed by atoms with Crippen LogP contribution in [-0.2, 0) is 4.79 Å². The molecule has 0 unspecified atom stereocenters. The molecule has 0 radical (unpaired) electrons. The van der Waals surface area contributed by atoms with E-state index in [0.717, 1.165) is 51.6 Å². The van der Waals surface area contributed by atoms with E-state index in [4.69, 9.17) is 0 Å². The second kappa shape index (κ2) is 6.68. The summed E-state index contributed by atoms with van der Waals surface area (Å²) in [7, 11) is 1.95. The maximum absolute atomic E-state index is 12.7. The fourth-order valence-corrected chi connectivity index (χ4v) is 4.34. The zero-order chi connectivity index (χ0) is 14.9. The molecule has 1 saturated carbocycles. The highest BCUT2D eigenvalue weighted by atomic mass is 127. The number of nitrogens with one attached hydrogen (secondary N) is 1. The predicted molar refractivity (Wildman–Crippen MR) is 92.4 cm³/mol. The number of carbonyl (C=O) groups excluding carboxylic acids is 1. The first-order chi connectivity index (χ1) is 10.1. The number of piperidine rings is 1. The molecule has 0 bridgehead atoms. The Morgan fingerprint density at radius 3 is 2.29 bits per heavy atom. The van der Waals surface area contributed by atoms with Gasteiger partial charge in [-0.1, -0.05) is 0 Å². The zero-order valence-electron chi connectivity index (χ0n) is 13.0. The van der Waals surface area contributed by atoms with Crippen LogP contribution in [0.4, 0.5) is 0 Å². The Morgan fingerprint density at radius 1 is 1.14 bits per heavy atom. The lowest BCUT2D eigenvalue weighted by molar-refractivity contribution is -0.139. The standard InChI is InChI=1S/C15H27IN4O/c1-17-12-15(4-5-15)14(21)19-10-8-18(9-11-19)13-2-6-20(16)7-3-13/h13,17H,2-12H2,1H3. The Balaban J connectivity index is 1.48. The molecular weight excluding hydrogens is 379 g/mol. The van der Waals surface area contributed by atoms with Crippen LogP contribution in [0.5, 0.6) is 0 Å². The van der Waals surface area contributed by atoms with Crippen LogP contribution in [0.3, 0.4) is 0 Å². The van der Waals surface area contributed by atoms with Gasteiger partial charge in [-0.2, -0.15) is 0 Å². The van der Waals surface area contributed by atoms with Gasteiger partial charge >= 0.3 is 0 Å². The van der Waals surface area contributed by atoms with Gasteiger partial charge in [0.2, 0.25) is 5.91 Å². The highest BCUT2D eigenvalue weighted by Gasteiger charge is 2.51. The Hall–Kier alpha value is 0.0800. The second-order valence-corrected chi connectivity index (χ2v) is 8.14. The van der Waals surface area contributed by atoms with E-state index in [0.29, 0.717) is 5.91 Å². The van der Waals surface area contributed by atoms with Gasteiger partial charge < -0.3 is 10.2 Å². The van der Waals surface area contributed by atoms with Crippen LogP contribution in [0.15, 0.2) is 0 Å². The van der Waals surface area contributed by atoms with E-state index in [-0.39, 0.29) is 5.41 Å². The number of amides is 1. The summed E-state index contributed by atoms with van der Waals surface area (Å²) in [5.41, 5.74) is -0.0521. The zero-order valence-corrected chi connectivity index (χ0v) is 15.1. The lowest BCUT2D eigenvalue weighted by Gasteiger charge is -2.42. The molecule has 0 aromatic rings. The average molecular weight is 406 g/mol. The molecule has 0 aromatic heterocycles. The van der Waals surface area contributed by atoms with E-state index in [1.807, 2.05) is 7.05 Å². The summed E-state index contributed by atoms with van der Waals surface area (Å²) in [5, 5.41) is 3.19. The van der Waals surface area contributed by atoms with Crippen molar-refractivity contribution < 1.29 is 4.79 Å². The van der Waals surface area contributed by atoms with Crippen molar-refractivity contribution in [2.45, 2.75) is 31.7 Å². The van der Waals surface area contributed by atoms with Crippen LogP contribution < -0.4 is 5.32 Å². The lowest BCUT2D eigenvalue weighted by atomic mass is 10.0. The SMILES string of the molecule is CNCC1(C(=O)N2CCN(C3CCN(I)CC3)CC2)CC1. The van der Waals surface area contributed by atoms with Crippen molar-refractivity contribution in [2.75, 3.05) is 52.9 Å². The van der Waals surface area contributed by atoms with Crippen molar-refractivity contribution in [3.05, 3.63) is 0 Å². The third-order valence-electron chi connectivity index (χ3n) is 5.35. The quantitative estimate of drug-likeness (QED) is 0.558. The molecule has 1 amide bonds. The number of hydrogen-bond acceptors (Lipinski definition) is 4. The number of carbonyl (C=O) groups is 1. The summed E-state index contributed by atoms with van der Waals surface area (Å²) in [6.45, 7) is 7.23. The van der Waals surface area contributed by atoms with Crippen LogP contribution in [0.25, 0.3) is 0 Å². The number of piperazine rings is 1. The molecule has 3 rings (SSSR count). The summed E-state index contributed by atoms with van der Waals surface area (Å²) >= 11 is 2.43. The molecule has 5 nitrogen and oxygen atoms in total. The van der Waals surface area contributed by atoms with Gasteiger partial charge in [-0.05, 0) is 32.7 Å². The first kappa shape index (κ1) is 16.0. The number of hydrogen-bond donors (Lipinski definition) is 1. The van der Waals surface area contributed by atoms with E-state index in [1.165, 1.54) is 25.9 Å². The van der Waals surface area contributed by atoms with Gasteiger partial charge in [-0.25, -0.2) is 3.11 Å². The number of nitrogens with zero attached hydrogens (tertiary/aromatic N) is 3. The van der Waals surface area contributed by atoms with E-state index >= 15 is 0 Å². The highest BCUT2D eigenvalue weighted by Crippen LogP contribution is 2.46. The van der Waals surface area contributed by atoms with E-state index < -0.39 is 0 Å². The van der Waals surface area contributed by atoms with E-state index in [1.54, 1.807) is 0 Å². The molecule has 1 N–H and O–H groups in total. The predicted octanol–water partition coefficient (Wildman–Crippen LogP) is 0.945. The molecule has 2 aliphatic heterocycles. The van der Waals surface area contributed by atoms with Gasteiger partial charge in [0, 0.05) is 74.7 Å². The average Bonchev–Trinajstić information content (AvgIpc) is 3.29. The van der Waals surface area contributed by atoms with Crippen molar-refractivity contribution in [3.63, 3.8) is 0 Å². The Kier molecular flexibility index (Phi) is 5.08. The third kappa shape index (κ3) is 3.54. The van der Waals surface area contributed by atoms with E-state index in [9.17, 15) is 4.79 Å². The first-order valence-corrected chi connectivity index (χ1v) is 9.20. The van der Waals surface area contributed by atoms with Crippen molar-refractivity contribution in [2.24, 2.45) is 5.41 Å². The number of halogens is 1. The monoisotopic (exact) mass is 406 g/mol. The largest absolute Gasteiger partial charge is 0.340 e. The summed E-state index contributed by atoms with van der Waals surface area (Å²) in [6, 6.07) is 0.737. The molecule has 3 aliphatic rings.